The summed E-state index contributed by atoms with van der Waals surface area (Å²) in [7, 11) is 0. The third-order valence-electron chi connectivity index (χ3n) is 8.54. The number of hydrogen-bond acceptors (Lipinski definition) is 3. The van der Waals surface area contributed by atoms with Crippen LogP contribution in [0, 0.1) is 0 Å². The maximum atomic E-state index is 10.2. The van der Waals surface area contributed by atoms with Gasteiger partial charge in [-0.1, -0.05) is 194 Å². The van der Waals surface area contributed by atoms with Crippen LogP contribution in [0.5, 0.6) is 0 Å². The highest BCUT2D eigenvalue weighted by Gasteiger charge is 2.07. The molecule has 2 unspecified atom stereocenters. The molecule has 0 fully saturated rings. The number of aliphatic hydroxyl groups excluding tert-OH is 2. The van der Waals surface area contributed by atoms with E-state index >= 15 is 0 Å². The minimum Gasteiger partial charge on any atom is -0.392 e. The van der Waals surface area contributed by atoms with Crippen molar-refractivity contribution in [1.82, 2.24) is 5.32 Å². The molecule has 0 bridgehead atoms. The topological polar surface area (TPSA) is 52.5 Å². The third-order valence-corrected chi connectivity index (χ3v) is 8.54. The lowest BCUT2D eigenvalue weighted by Gasteiger charge is -2.15. The smallest absolute Gasteiger partial charge is 0.0664 e. The van der Waals surface area contributed by atoms with Gasteiger partial charge in [-0.3, -0.25) is 0 Å². The fourth-order valence-electron chi connectivity index (χ4n) is 5.77. The lowest BCUT2D eigenvalue weighted by molar-refractivity contribution is 0.132. The molecule has 39 heavy (non-hydrogen) atoms. The van der Waals surface area contributed by atoms with Crippen molar-refractivity contribution in [2.75, 3.05) is 13.1 Å². The van der Waals surface area contributed by atoms with Gasteiger partial charge in [0, 0.05) is 13.1 Å². The predicted octanol–water partition coefficient (Wildman–Crippen LogP) is 11.0. The van der Waals surface area contributed by atoms with Crippen LogP contribution < -0.4 is 5.32 Å². The molecule has 0 aliphatic heterocycles. The fourth-order valence-corrected chi connectivity index (χ4v) is 5.77. The first-order valence-corrected chi connectivity index (χ1v) is 18.3. The van der Waals surface area contributed by atoms with Crippen LogP contribution >= 0.6 is 0 Å². The minimum atomic E-state index is -0.268. The molecule has 0 saturated carbocycles. The molecule has 236 valence electrons. The molecule has 3 nitrogen and oxygen atoms in total. The quantitative estimate of drug-likeness (QED) is 0.0694. The number of hydrogen-bond donors (Lipinski definition) is 3. The third kappa shape index (κ3) is 34.0. The maximum absolute atomic E-state index is 10.2. The van der Waals surface area contributed by atoms with E-state index in [-0.39, 0.29) is 12.2 Å². The zero-order valence-corrected chi connectivity index (χ0v) is 27.2. The van der Waals surface area contributed by atoms with Crippen LogP contribution in [0.15, 0.2) is 0 Å². The van der Waals surface area contributed by atoms with Crippen molar-refractivity contribution >= 4 is 0 Å². The molecule has 0 aliphatic carbocycles. The van der Waals surface area contributed by atoms with Gasteiger partial charge in [0.05, 0.1) is 12.2 Å². The van der Waals surface area contributed by atoms with Crippen molar-refractivity contribution in [3.8, 4) is 0 Å². The Labute approximate surface area is 247 Å². The van der Waals surface area contributed by atoms with Gasteiger partial charge in [0.1, 0.15) is 0 Å². The Morgan fingerprint density at radius 3 is 0.769 bits per heavy atom. The van der Waals surface area contributed by atoms with Gasteiger partial charge in [-0.2, -0.15) is 0 Å². The standard InChI is InChI=1S/C36H75NO2/c1-3-5-7-9-11-13-15-17-19-21-23-25-27-29-31-35(38)33-37-34-36(39)32-30-28-26-24-22-20-18-16-14-12-10-8-6-4-2/h35-39H,3-34H2,1-2H3. The van der Waals surface area contributed by atoms with Crippen LogP contribution in [0.25, 0.3) is 0 Å². The van der Waals surface area contributed by atoms with E-state index in [0.29, 0.717) is 13.1 Å². The SMILES string of the molecule is CCCCCCCCCCCCCCCCC(O)CNCC(O)CCCCCCCCCCCCCCCC. The molecule has 3 N–H and O–H groups in total. The monoisotopic (exact) mass is 554 g/mol. The lowest BCUT2D eigenvalue weighted by atomic mass is 10.0. The van der Waals surface area contributed by atoms with E-state index in [2.05, 4.69) is 19.2 Å². The Bertz CT molecular complexity index is 392. The number of aliphatic hydroxyl groups is 2. The Kier molecular flexibility index (Phi) is 34.0. The molecule has 0 heterocycles. The van der Waals surface area contributed by atoms with Gasteiger partial charge in [0.15, 0.2) is 0 Å². The van der Waals surface area contributed by atoms with Crippen LogP contribution in [0.1, 0.15) is 206 Å². The number of unbranched alkanes of at least 4 members (excludes halogenated alkanes) is 26. The van der Waals surface area contributed by atoms with Gasteiger partial charge < -0.3 is 15.5 Å². The molecular formula is C36H75NO2. The predicted molar refractivity (Wildman–Crippen MR) is 175 cm³/mol. The van der Waals surface area contributed by atoms with Crippen LogP contribution in [-0.4, -0.2) is 35.5 Å². The van der Waals surface area contributed by atoms with Crippen molar-refractivity contribution < 1.29 is 10.2 Å². The molecule has 0 rings (SSSR count). The van der Waals surface area contributed by atoms with E-state index in [9.17, 15) is 10.2 Å². The molecule has 2 atom stereocenters. The Morgan fingerprint density at radius 1 is 0.333 bits per heavy atom. The summed E-state index contributed by atoms with van der Waals surface area (Å²) >= 11 is 0. The summed E-state index contributed by atoms with van der Waals surface area (Å²) in [4.78, 5) is 0. The highest BCUT2D eigenvalue weighted by molar-refractivity contribution is 4.65. The summed E-state index contributed by atoms with van der Waals surface area (Å²) < 4.78 is 0. The summed E-state index contributed by atoms with van der Waals surface area (Å²) in [6.45, 7) is 5.81. The van der Waals surface area contributed by atoms with Gasteiger partial charge in [-0.15, -0.1) is 0 Å². The van der Waals surface area contributed by atoms with Crippen molar-refractivity contribution in [2.24, 2.45) is 0 Å². The second-order valence-corrected chi connectivity index (χ2v) is 12.7. The van der Waals surface area contributed by atoms with Crippen LogP contribution in [-0.2, 0) is 0 Å². The first-order chi connectivity index (χ1) is 19.2. The Morgan fingerprint density at radius 2 is 0.538 bits per heavy atom. The van der Waals surface area contributed by atoms with Gasteiger partial charge in [0.2, 0.25) is 0 Å². The highest BCUT2D eigenvalue weighted by Crippen LogP contribution is 2.15. The Hall–Kier alpha value is -0.120. The van der Waals surface area contributed by atoms with Crippen LogP contribution in [0.4, 0.5) is 0 Å². The molecular weight excluding hydrogens is 478 g/mol. The summed E-state index contributed by atoms with van der Waals surface area (Å²) in [6, 6.07) is 0. The second-order valence-electron chi connectivity index (χ2n) is 12.7. The molecule has 0 radical (unpaired) electrons. The van der Waals surface area contributed by atoms with Gasteiger partial charge in [0.25, 0.3) is 0 Å². The van der Waals surface area contributed by atoms with Crippen molar-refractivity contribution in [3.63, 3.8) is 0 Å². The first kappa shape index (κ1) is 38.9. The van der Waals surface area contributed by atoms with Crippen molar-refractivity contribution in [1.29, 1.82) is 0 Å². The molecule has 0 aromatic carbocycles. The van der Waals surface area contributed by atoms with E-state index in [1.165, 1.54) is 167 Å². The largest absolute Gasteiger partial charge is 0.392 e. The van der Waals surface area contributed by atoms with Gasteiger partial charge in [-0.25, -0.2) is 0 Å². The average Bonchev–Trinajstić information content (AvgIpc) is 2.93. The van der Waals surface area contributed by atoms with Crippen LogP contribution in [0.3, 0.4) is 0 Å². The normalized spacial score (nSPS) is 13.2. The zero-order chi connectivity index (χ0) is 28.5. The molecule has 0 saturated heterocycles. The lowest BCUT2D eigenvalue weighted by Crippen LogP contribution is -2.33. The van der Waals surface area contributed by atoms with Crippen LogP contribution in [0.2, 0.25) is 0 Å². The first-order valence-electron chi connectivity index (χ1n) is 18.3. The molecule has 0 aromatic heterocycles. The average molecular weight is 554 g/mol. The molecule has 3 heteroatoms. The van der Waals surface area contributed by atoms with E-state index in [0.717, 1.165) is 25.7 Å². The molecule has 0 spiro atoms. The van der Waals surface area contributed by atoms with Gasteiger partial charge >= 0.3 is 0 Å². The minimum absolute atomic E-state index is 0.268. The summed E-state index contributed by atoms with van der Waals surface area (Å²) in [5.41, 5.74) is 0. The van der Waals surface area contributed by atoms with E-state index in [1.54, 1.807) is 0 Å². The van der Waals surface area contributed by atoms with Gasteiger partial charge in [-0.05, 0) is 12.8 Å². The molecule has 0 aliphatic rings. The number of rotatable bonds is 34. The second kappa shape index (κ2) is 34.1. The van der Waals surface area contributed by atoms with Crippen molar-refractivity contribution in [2.45, 2.75) is 219 Å². The molecule has 0 amide bonds. The molecule has 0 aromatic rings. The van der Waals surface area contributed by atoms with E-state index in [1.807, 2.05) is 0 Å². The van der Waals surface area contributed by atoms with Crippen molar-refractivity contribution in [3.05, 3.63) is 0 Å². The Balaban J connectivity index is 3.26. The zero-order valence-electron chi connectivity index (χ0n) is 27.2. The maximum Gasteiger partial charge on any atom is 0.0664 e. The van der Waals surface area contributed by atoms with E-state index < -0.39 is 0 Å². The summed E-state index contributed by atoms with van der Waals surface area (Å²) in [5, 5.41) is 23.7. The number of nitrogens with one attached hydrogen (secondary N) is 1. The summed E-state index contributed by atoms with van der Waals surface area (Å²) in [6.07, 6.45) is 39.6. The highest BCUT2D eigenvalue weighted by atomic mass is 16.3. The van der Waals surface area contributed by atoms with E-state index in [4.69, 9.17) is 0 Å². The fraction of sp³-hybridized carbons (Fsp3) is 1.00. The summed E-state index contributed by atoms with van der Waals surface area (Å²) in [5.74, 6) is 0.